The van der Waals surface area contributed by atoms with Crippen molar-refractivity contribution in [3.63, 3.8) is 0 Å². The van der Waals surface area contributed by atoms with Crippen molar-refractivity contribution in [3.8, 4) is 12.3 Å². The van der Waals surface area contributed by atoms with Crippen molar-refractivity contribution in [3.05, 3.63) is 47.7 Å². The van der Waals surface area contributed by atoms with Crippen LogP contribution < -0.4 is 4.90 Å². The molecule has 1 unspecified atom stereocenters. The normalized spacial score (nSPS) is 22.2. The van der Waals surface area contributed by atoms with Crippen LogP contribution in [0.25, 0.3) is 11.0 Å². The van der Waals surface area contributed by atoms with E-state index in [1.54, 1.807) is 60.0 Å². The molecular weight excluding hydrogens is 614 g/mol. The monoisotopic (exact) mass is 651 g/mol. The topological polar surface area (TPSA) is 144 Å². The summed E-state index contributed by atoms with van der Waals surface area (Å²) in [6.45, 7) is 13.7. The summed E-state index contributed by atoms with van der Waals surface area (Å²) in [6.07, 6.45) is 9.07. The Hall–Kier alpha value is -4.19. The van der Waals surface area contributed by atoms with Crippen molar-refractivity contribution in [2.75, 3.05) is 12.0 Å². The van der Waals surface area contributed by atoms with Gasteiger partial charge in [0, 0.05) is 24.2 Å². The molecule has 0 aromatic carbocycles. The molecule has 2 saturated heterocycles. The van der Waals surface area contributed by atoms with E-state index in [1.807, 2.05) is 18.4 Å². The van der Waals surface area contributed by atoms with Crippen molar-refractivity contribution in [2.45, 2.75) is 95.2 Å². The molecule has 2 fully saturated rings. The van der Waals surface area contributed by atoms with E-state index in [1.165, 1.54) is 31.4 Å². The highest BCUT2D eigenvalue weighted by atomic mass is 32.2. The molecule has 5 heterocycles. The number of aromatic nitrogens is 4. The zero-order chi connectivity index (χ0) is 33.8. The first kappa shape index (κ1) is 33.2. The molecule has 0 bridgehead atoms. The van der Waals surface area contributed by atoms with Crippen LogP contribution in [0.15, 0.2) is 31.0 Å². The lowest BCUT2D eigenvalue weighted by molar-refractivity contribution is -0.148. The Balaban J connectivity index is 1.66. The SMILES string of the molecule is C#Cc1cn(C2S[C@H](c3cnccc3C(=O)OC)[C@H]3OC(C)(C)O[C@@H]23)c2ncnc(N(C(=O)OC(C)(C)C)C(=O)OC(C)(C)C)c12. The number of ether oxygens (including phenoxy) is 5. The van der Waals surface area contributed by atoms with Crippen LogP contribution in [0.3, 0.4) is 0 Å². The number of amides is 2. The van der Waals surface area contributed by atoms with Gasteiger partial charge >= 0.3 is 18.2 Å². The minimum absolute atomic E-state index is 0.0968. The van der Waals surface area contributed by atoms with E-state index in [0.717, 1.165) is 4.90 Å². The van der Waals surface area contributed by atoms with Gasteiger partial charge in [-0.15, -0.1) is 18.2 Å². The fourth-order valence-corrected chi connectivity index (χ4v) is 7.04. The van der Waals surface area contributed by atoms with Crippen LogP contribution in [0.5, 0.6) is 0 Å². The van der Waals surface area contributed by atoms with Crippen LogP contribution in [0.4, 0.5) is 15.4 Å². The number of nitrogens with zero attached hydrogens (tertiary/aromatic N) is 5. The Labute approximate surface area is 271 Å². The molecule has 14 heteroatoms. The van der Waals surface area contributed by atoms with Crippen LogP contribution in [0, 0.1) is 12.3 Å². The van der Waals surface area contributed by atoms with Gasteiger partial charge in [0.05, 0.1) is 28.9 Å². The van der Waals surface area contributed by atoms with Gasteiger partial charge < -0.3 is 28.3 Å². The number of carbonyl (C=O) groups excluding carboxylic acids is 3. The van der Waals surface area contributed by atoms with E-state index in [4.69, 9.17) is 30.1 Å². The summed E-state index contributed by atoms with van der Waals surface area (Å²) < 4.78 is 30.8. The number of carbonyl (C=O) groups is 3. The number of thioether (sulfide) groups is 1. The molecule has 0 N–H and O–H groups in total. The van der Waals surface area contributed by atoms with Gasteiger partial charge in [-0.3, -0.25) is 4.98 Å². The highest BCUT2D eigenvalue weighted by molar-refractivity contribution is 8.00. The first-order valence-electron chi connectivity index (χ1n) is 14.6. The molecule has 4 atom stereocenters. The summed E-state index contributed by atoms with van der Waals surface area (Å²) in [5.74, 6) is 1.11. The zero-order valence-corrected chi connectivity index (χ0v) is 28.0. The van der Waals surface area contributed by atoms with Crippen LogP contribution in [-0.4, -0.2) is 74.0 Å². The van der Waals surface area contributed by atoms with Gasteiger partial charge in [0.15, 0.2) is 11.6 Å². The molecule has 2 amide bonds. The van der Waals surface area contributed by atoms with Gasteiger partial charge in [-0.2, -0.15) is 4.90 Å². The number of imide groups is 1. The molecule has 0 aliphatic carbocycles. The third-order valence-electron chi connectivity index (χ3n) is 6.98. The minimum atomic E-state index is -0.992. The van der Waals surface area contributed by atoms with E-state index in [2.05, 4.69) is 20.9 Å². The molecule has 3 aromatic rings. The Kier molecular flexibility index (Phi) is 8.56. The summed E-state index contributed by atoms with van der Waals surface area (Å²) in [5, 5.41) is -0.615. The number of esters is 1. The lowest BCUT2D eigenvalue weighted by Crippen LogP contribution is -2.44. The number of anilines is 1. The second-order valence-corrected chi connectivity index (χ2v) is 14.5. The number of pyridine rings is 1. The number of hydrogen-bond acceptors (Lipinski definition) is 12. The van der Waals surface area contributed by atoms with Gasteiger partial charge in [-0.05, 0) is 61.5 Å². The van der Waals surface area contributed by atoms with Crippen LogP contribution in [0.2, 0.25) is 0 Å². The molecular formula is C32H37N5O8S. The summed E-state index contributed by atoms with van der Waals surface area (Å²) in [7, 11) is 1.32. The molecule has 46 heavy (non-hydrogen) atoms. The molecule has 5 rings (SSSR count). The second-order valence-electron chi connectivity index (χ2n) is 13.3. The number of methoxy groups -OCH3 is 1. The number of rotatable bonds is 4. The highest BCUT2D eigenvalue weighted by Crippen LogP contribution is 2.58. The molecule has 0 radical (unpaired) electrons. The third kappa shape index (κ3) is 6.40. The maximum atomic E-state index is 13.5. The van der Waals surface area contributed by atoms with Crippen molar-refractivity contribution in [2.24, 2.45) is 0 Å². The molecule has 244 valence electrons. The number of fused-ring (bicyclic) bond motifs is 2. The largest absolute Gasteiger partial charge is 0.465 e. The predicted molar refractivity (Wildman–Crippen MR) is 169 cm³/mol. The van der Waals surface area contributed by atoms with Gasteiger partial charge in [-0.1, -0.05) is 5.92 Å². The lowest BCUT2D eigenvalue weighted by Gasteiger charge is -2.28. The molecule has 13 nitrogen and oxygen atoms in total. The Morgan fingerprint density at radius 3 is 2.26 bits per heavy atom. The standard InChI is InChI=1S/C32H37N5O8S/c1-11-17-15-36(24-20(17)25(35-16-34-24)37(28(39)44-30(2,3)4)29(40)45-31(5,6)7)26-22-21(42-32(8,9)43-22)23(46-26)19-14-33-13-12-18(19)27(38)41-10/h1,12-16,21-23,26H,2-10H3/t21-,22+,23+,26?/m0/s1. The van der Waals surface area contributed by atoms with E-state index in [-0.39, 0.29) is 11.2 Å². The summed E-state index contributed by atoms with van der Waals surface area (Å²) in [4.78, 5) is 53.6. The predicted octanol–water partition coefficient (Wildman–Crippen LogP) is 5.78. The maximum Gasteiger partial charge on any atom is 0.425 e. The Morgan fingerprint density at radius 1 is 1.04 bits per heavy atom. The van der Waals surface area contributed by atoms with Crippen LogP contribution in [-0.2, 0) is 23.7 Å². The van der Waals surface area contributed by atoms with Gasteiger partial charge in [-0.25, -0.2) is 24.4 Å². The first-order valence-corrected chi connectivity index (χ1v) is 15.5. The first-order chi connectivity index (χ1) is 21.4. The van der Waals surface area contributed by atoms with E-state index in [0.29, 0.717) is 22.3 Å². The molecule has 2 aliphatic rings. The van der Waals surface area contributed by atoms with E-state index < -0.39 is 58.0 Å². The van der Waals surface area contributed by atoms with Crippen molar-refractivity contribution in [1.29, 1.82) is 0 Å². The third-order valence-corrected chi connectivity index (χ3v) is 8.57. The van der Waals surface area contributed by atoms with Gasteiger partial charge in [0.1, 0.15) is 40.8 Å². The van der Waals surface area contributed by atoms with Gasteiger partial charge in [0.2, 0.25) is 0 Å². The van der Waals surface area contributed by atoms with Crippen molar-refractivity contribution >= 4 is 46.8 Å². The lowest BCUT2D eigenvalue weighted by atomic mass is 10.0. The Morgan fingerprint density at radius 2 is 1.67 bits per heavy atom. The molecule has 0 saturated carbocycles. The zero-order valence-electron chi connectivity index (χ0n) is 27.2. The van der Waals surface area contributed by atoms with Gasteiger partial charge in [0.25, 0.3) is 0 Å². The Bertz CT molecular complexity index is 1710. The van der Waals surface area contributed by atoms with Crippen LogP contribution in [0.1, 0.15) is 87.5 Å². The highest BCUT2D eigenvalue weighted by Gasteiger charge is 2.56. The fourth-order valence-electron chi connectivity index (χ4n) is 5.38. The molecule has 0 spiro atoms. The fraction of sp³-hybridized carbons (Fsp3) is 0.500. The van der Waals surface area contributed by atoms with E-state index in [9.17, 15) is 14.4 Å². The average Bonchev–Trinajstić information content (AvgIpc) is 3.59. The smallest absolute Gasteiger partial charge is 0.425 e. The van der Waals surface area contributed by atoms with Crippen molar-refractivity contribution in [1.82, 2.24) is 19.5 Å². The average molecular weight is 652 g/mol. The second kappa shape index (κ2) is 11.9. The number of hydrogen-bond donors (Lipinski definition) is 0. The maximum absolute atomic E-state index is 13.5. The quantitative estimate of drug-likeness (QED) is 0.192. The van der Waals surface area contributed by atoms with E-state index >= 15 is 0 Å². The molecule has 2 aliphatic heterocycles. The minimum Gasteiger partial charge on any atom is -0.465 e. The number of terminal acetylenes is 1. The van der Waals surface area contributed by atoms with Crippen molar-refractivity contribution < 1.29 is 38.1 Å². The molecule has 3 aromatic heterocycles. The summed E-state index contributed by atoms with van der Waals surface area (Å²) in [6, 6.07) is 1.61. The van der Waals surface area contributed by atoms with Crippen LogP contribution >= 0.6 is 11.8 Å². The summed E-state index contributed by atoms with van der Waals surface area (Å²) in [5.41, 5.74) is -0.228. The summed E-state index contributed by atoms with van der Waals surface area (Å²) >= 11 is 1.47.